The van der Waals surface area contributed by atoms with Crippen molar-refractivity contribution in [1.29, 1.82) is 0 Å². The molecule has 0 aliphatic carbocycles. The predicted molar refractivity (Wildman–Crippen MR) is 157 cm³/mol. The number of aromatic nitrogens is 7. The van der Waals surface area contributed by atoms with Gasteiger partial charge in [0, 0.05) is 30.3 Å². The lowest BCUT2D eigenvalue weighted by molar-refractivity contribution is 0.202. The van der Waals surface area contributed by atoms with Crippen molar-refractivity contribution in [2.75, 3.05) is 20.2 Å². The van der Waals surface area contributed by atoms with Crippen molar-refractivity contribution in [3.05, 3.63) is 103 Å². The van der Waals surface area contributed by atoms with E-state index in [0.717, 1.165) is 72.0 Å². The first-order valence-corrected chi connectivity index (χ1v) is 13.9. The third kappa shape index (κ3) is 4.96. The van der Waals surface area contributed by atoms with Gasteiger partial charge in [-0.25, -0.2) is 9.97 Å². The third-order valence-corrected chi connectivity index (χ3v) is 7.75. The number of nitrogens with zero attached hydrogens (tertiary/aromatic N) is 7. The smallest absolute Gasteiger partial charge is 0.226 e. The average Bonchev–Trinajstić information content (AvgIpc) is 3.72. The Hall–Kier alpha value is -4.89. The molecule has 0 unspecified atom stereocenters. The normalized spacial score (nSPS) is 14.5. The highest BCUT2D eigenvalue weighted by Gasteiger charge is 2.24. The minimum Gasteiger partial charge on any atom is -0.480 e. The Bertz CT molecular complexity index is 1750. The van der Waals surface area contributed by atoms with Crippen LogP contribution < -0.4 is 4.74 Å². The van der Waals surface area contributed by atoms with Crippen LogP contribution in [-0.4, -0.2) is 59.9 Å². The number of H-pyrrole nitrogens is 1. The van der Waals surface area contributed by atoms with Crippen LogP contribution >= 0.6 is 0 Å². The van der Waals surface area contributed by atoms with Gasteiger partial charge in [-0.05, 0) is 49.2 Å². The number of hydrogen-bond donors (Lipinski definition) is 1. The molecule has 0 spiro atoms. The highest BCUT2D eigenvalue weighted by molar-refractivity contribution is 5.85. The molecular formula is C32H30N8O. The van der Waals surface area contributed by atoms with E-state index < -0.39 is 0 Å². The Balaban J connectivity index is 1.07. The fourth-order valence-electron chi connectivity index (χ4n) is 5.63. The first-order chi connectivity index (χ1) is 20.3. The summed E-state index contributed by atoms with van der Waals surface area (Å²) >= 11 is 0. The number of methoxy groups -OCH3 is 1. The number of hydrogen-bond acceptors (Lipinski definition) is 7. The van der Waals surface area contributed by atoms with E-state index in [2.05, 4.69) is 61.6 Å². The molecule has 1 aliphatic rings. The molecule has 1 fully saturated rings. The average molecular weight is 543 g/mol. The molecule has 1 saturated heterocycles. The van der Waals surface area contributed by atoms with E-state index in [9.17, 15) is 0 Å². The third-order valence-electron chi connectivity index (χ3n) is 7.75. The Morgan fingerprint density at radius 1 is 0.854 bits per heavy atom. The monoisotopic (exact) mass is 542 g/mol. The molecule has 9 nitrogen and oxygen atoms in total. The zero-order valence-corrected chi connectivity index (χ0v) is 22.8. The molecule has 0 radical (unpaired) electrons. The van der Waals surface area contributed by atoms with Crippen LogP contribution in [-0.2, 0) is 6.54 Å². The second-order valence-corrected chi connectivity index (χ2v) is 10.3. The number of likely N-dealkylation sites (tertiary alicyclic amines) is 1. The van der Waals surface area contributed by atoms with Crippen molar-refractivity contribution in [3.63, 3.8) is 0 Å². The van der Waals surface area contributed by atoms with Crippen molar-refractivity contribution in [1.82, 2.24) is 39.7 Å². The first-order valence-electron chi connectivity index (χ1n) is 13.9. The van der Waals surface area contributed by atoms with Gasteiger partial charge in [0.2, 0.25) is 5.88 Å². The van der Waals surface area contributed by atoms with Gasteiger partial charge in [-0.3, -0.25) is 15.0 Å². The molecular weight excluding hydrogens is 512 g/mol. The molecule has 6 aromatic rings. The maximum Gasteiger partial charge on any atom is 0.226 e. The quantitative estimate of drug-likeness (QED) is 0.279. The number of fused-ring (bicyclic) bond motifs is 1. The number of rotatable bonds is 7. The van der Waals surface area contributed by atoms with Crippen molar-refractivity contribution in [2.45, 2.75) is 25.3 Å². The van der Waals surface area contributed by atoms with Gasteiger partial charge in [0.1, 0.15) is 11.5 Å². The number of pyridine rings is 1. The first kappa shape index (κ1) is 25.1. The van der Waals surface area contributed by atoms with Crippen molar-refractivity contribution < 1.29 is 4.74 Å². The van der Waals surface area contributed by atoms with Gasteiger partial charge in [0.25, 0.3) is 0 Å². The van der Waals surface area contributed by atoms with Crippen LogP contribution in [0.2, 0.25) is 0 Å². The van der Waals surface area contributed by atoms with Gasteiger partial charge in [-0.2, -0.15) is 14.7 Å². The lowest BCUT2D eigenvalue weighted by Gasteiger charge is -2.31. The number of benzene rings is 2. The second-order valence-electron chi connectivity index (χ2n) is 10.3. The van der Waals surface area contributed by atoms with Gasteiger partial charge in [-0.1, -0.05) is 60.7 Å². The largest absolute Gasteiger partial charge is 0.480 e. The van der Waals surface area contributed by atoms with E-state index in [0.29, 0.717) is 17.6 Å². The topological polar surface area (TPSA) is 97.1 Å². The molecule has 0 saturated carbocycles. The Kier molecular flexibility index (Phi) is 6.70. The predicted octanol–water partition coefficient (Wildman–Crippen LogP) is 5.63. The van der Waals surface area contributed by atoms with Crippen LogP contribution in [0, 0.1) is 0 Å². The maximum atomic E-state index is 5.86. The van der Waals surface area contributed by atoms with E-state index >= 15 is 0 Å². The molecule has 5 heterocycles. The molecule has 204 valence electrons. The Morgan fingerprint density at radius 3 is 2.41 bits per heavy atom. The van der Waals surface area contributed by atoms with E-state index in [1.807, 2.05) is 42.5 Å². The molecule has 4 aromatic heterocycles. The van der Waals surface area contributed by atoms with Gasteiger partial charge in [0.15, 0.2) is 11.5 Å². The molecule has 0 atom stereocenters. The lowest BCUT2D eigenvalue weighted by atomic mass is 9.95. The van der Waals surface area contributed by atoms with Crippen LogP contribution in [0.5, 0.6) is 5.88 Å². The molecule has 2 aromatic carbocycles. The lowest BCUT2D eigenvalue weighted by Crippen LogP contribution is -2.32. The van der Waals surface area contributed by atoms with Crippen molar-refractivity contribution in [3.8, 4) is 39.8 Å². The highest BCUT2D eigenvalue weighted by atomic mass is 16.5. The number of aromatic amines is 1. The van der Waals surface area contributed by atoms with Crippen LogP contribution in [0.1, 0.15) is 30.1 Å². The summed E-state index contributed by atoms with van der Waals surface area (Å²) in [6.07, 6.45) is 5.61. The summed E-state index contributed by atoms with van der Waals surface area (Å²) in [7, 11) is 1.68. The molecule has 0 bridgehead atoms. The van der Waals surface area contributed by atoms with E-state index in [-0.39, 0.29) is 0 Å². The fraction of sp³-hybridized carbons (Fsp3) is 0.219. The van der Waals surface area contributed by atoms with Gasteiger partial charge in [-0.15, -0.1) is 0 Å². The van der Waals surface area contributed by atoms with Crippen molar-refractivity contribution in [2.24, 2.45) is 0 Å². The van der Waals surface area contributed by atoms with Crippen molar-refractivity contribution >= 4 is 5.65 Å². The van der Waals surface area contributed by atoms with Crippen LogP contribution in [0.15, 0.2) is 91.3 Å². The summed E-state index contributed by atoms with van der Waals surface area (Å²) in [5.74, 6) is 2.68. The minimum atomic E-state index is 0.384. The highest BCUT2D eigenvalue weighted by Crippen LogP contribution is 2.38. The summed E-state index contributed by atoms with van der Waals surface area (Å²) in [5.41, 5.74) is 6.72. The number of ether oxygens (including phenoxy) is 1. The Labute approximate surface area is 237 Å². The number of nitrogens with one attached hydrogen (secondary N) is 1. The van der Waals surface area contributed by atoms with E-state index in [4.69, 9.17) is 14.7 Å². The second kappa shape index (κ2) is 10.9. The maximum absolute atomic E-state index is 5.86. The van der Waals surface area contributed by atoms with E-state index in [1.54, 1.807) is 24.0 Å². The van der Waals surface area contributed by atoms with Crippen LogP contribution in [0.25, 0.3) is 39.5 Å². The summed E-state index contributed by atoms with van der Waals surface area (Å²) in [4.78, 5) is 16.6. The zero-order chi connectivity index (χ0) is 27.6. The molecule has 9 heteroatoms. The van der Waals surface area contributed by atoms with Gasteiger partial charge in [0.05, 0.1) is 24.6 Å². The van der Waals surface area contributed by atoms with Gasteiger partial charge >= 0.3 is 0 Å². The van der Waals surface area contributed by atoms with Crippen LogP contribution in [0.3, 0.4) is 0 Å². The molecule has 1 aliphatic heterocycles. The molecule has 0 amide bonds. The summed E-state index contributed by atoms with van der Waals surface area (Å²) in [5, 5.41) is 12.0. The molecule has 1 N–H and O–H groups in total. The summed E-state index contributed by atoms with van der Waals surface area (Å²) in [6, 6.07) is 26.7. The van der Waals surface area contributed by atoms with Crippen LogP contribution in [0.4, 0.5) is 0 Å². The SMILES string of the molecule is COc1c(-c2ccccc2)c(-c2ccc(CN3CCC(c4nc(-c5ccccn5)n[nH]4)CC3)cc2)nc2ccnn12. The van der Waals surface area contributed by atoms with E-state index in [1.165, 1.54) is 5.56 Å². The summed E-state index contributed by atoms with van der Waals surface area (Å²) < 4.78 is 7.61. The number of piperidine rings is 1. The van der Waals surface area contributed by atoms with Gasteiger partial charge < -0.3 is 4.74 Å². The Morgan fingerprint density at radius 2 is 1.66 bits per heavy atom. The molecule has 7 rings (SSSR count). The minimum absolute atomic E-state index is 0.384. The standard InChI is InChI=1S/C32H30N8O/c1-41-32-28(23-7-3-2-4-8-23)29(35-27-14-18-34-40(27)32)24-12-10-22(11-13-24)21-39-19-15-25(16-20-39)30-36-31(38-37-30)26-9-5-6-17-33-26/h2-14,17-18,25H,15-16,19-21H2,1H3,(H,36,37,38). The summed E-state index contributed by atoms with van der Waals surface area (Å²) in [6.45, 7) is 2.94. The molecule has 41 heavy (non-hydrogen) atoms. The zero-order valence-electron chi connectivity index (χ0n) is 22.8. The fourth-order valence-corrected chi connectivity index (χ4v) is 5.63.